The molecule has 2 aromatic heterocycles. The molecule has 2 nitrogen and oxygen atoms in total. The van der Waals surface area contributed by atoms with Gasteiger partial charge in [-0.15, -0.1) is 0 Å². The Morgan fingerprint density at radius 2 is 1.88 bits per heavy atom. The molecule has 2 heterocycles. The number of hydrogen-bond donors (Lipinski definition) is 0. The van der Waals surface area contributed by atoms with Gasteiger partial charge in [0.25, 0.3) is 0 Å². The van der Waals surface area contributed by atoms with Crippen LogP contribution in [0.15, 0.2) is 30.5 Å². The van der Waals surface area contributed by atoms with Crippen molar-refractivity contribution in [3.8, 4) is 0 Å². The highest BCUT2D eigenvalue weighted by Crippen LogP contribution is 2.26. The highest BCUT2D eigenvalue weighted by molar-refractivity contribution is 5.98. The number of rotatable bonds is 3. The lowest BCUT2D eigenvalue weighted by Gasteiger charge is -2.10. The van der Waals surface area contributed by atoms with Crippen molar-refractivity contribution in [3.63, 3.8) is 0 Å². The maximum absolute atomic E-state index is 12.3. The van der Waals surface area contributed by atoms with E-state index in [0.717, 1.165) is 16.8 Å². The van der Waals surface area contributed by atoms with Crippen LogP contribution in [-0.4, -0.2) is 10.2 Å². The number of aromatic nitrogens is 1. The summed E-state index contributed by atoms with van der Waals surface area (Å²) in [5, 5.41) is 0. The summed E-state index contributed by atoms with van der Waals surface area (Å²) in [5.41, 5.74) is 3.10. The molecule has 0 aliphatic heterocycles. The van der Waals surface area contributed by atoms with E-state index in [4.69, 9.17) is 0 Å². The van der Waals surface area contributed by atoms with Crippen LogP contribution >= 0.6 is 0 Å². The van der Waals surface area contributed by atoms with Crippen LogP contribution in [0.3, 0.4) is 0 Å². The Balaban J connectivity index is 2.72. The van der Waals surface area contributed by atoms with Crippen LogP contribution in [0.1, 0.15) is 49.7 Å². The number of nitrogens with zero attached hydrogens (tertiary/aromatic N) is 1. The molecule has 0 radical (unpaired) electrons. The number of carbonyl (C=O) groups is 1. The number of ketones is 1. The van der Waals surface area contributed by atoms with Crippen LogP contribution in [0, 0.1) is 5.92 Å². The fourth-order valence-corrected chi connectivity index (χ4v) is 2.12. The molecule has 0 saturated carbocycles. The lowest BCUT2D eigenvalue weighted by Crippen LogP contribution is -2.13. The van der Waals surface area contributed by atoms with Gasteiger partial charge in [-0.3, -0.25) is 4.79 Å². The van der Waals surface area contributed by atoms with E-state index >= 15 is 0 Å². The largest absolute Gasteiger partial charge is 0.314 e. The monoisotopic (exact) mass is 229 g/mol. The van der Waals surface area contributed by atoms with E-state index in [9.17, 15) is 4.79 Å². The average molecular weight is 229 g/mol. The van der Waals surface area contributed by atoms with E-state index in [1.807, 2.05) is 42.6 Å². The van der Waals surface area contributed by atoms with Gasteiger partial charge >= 0.3 is 0 Å². The van der Waals surface area contributed by atoms with Crippen molar-refractivity contribution in [2.75, 3.05) is 0 Å². The highest BCUT2D eigenvalue weighted by atomic mass is 16.1. The fraction of sp³-hybridized carbons (Fsp3) is 0.400. The van der Waals surface area contributed by atoms with Crippen molar-refractivity contribution in [1.82, 2.24) is 4.40 Å². The Morgan fingerprint density at radius 3 is 2.47 bits per heavy atom. The number of fused-ring (bicyclic) bond motifs is 1. The Kier molecular flexibility index (Phi) is 3.05. The SMILES string of the molecule is CC(C)C(=O)c1c(C(C)C)cc2ccccn12. The van der Waals surface area contributed by atoms with Crippen LogP contribution in [0.5, 0.6) is 0 Å². The zero-order valence-electron chi connectivity index (χ0n) is 10.9. The maximum Gasteiger partial charge on any atom is 0.182 e. The van der Waals surface area contributed by atoms with Crippen LogP contribution in [-0.2, 0) is 0 Å². The fourth-order valence-electron chi connectivity index (χ4n) is 2.12. The first kappa shape index (κ1) is 11.9. The first-order valence-electron chi connectivity index (χ1n) is 6.16. The second-order valence-corrected chi connectivity index (χ2v) is 5.12. The minimum Gasteiger partial charge on any atom is -0.314 e. The molecule has 2 rings (SSSR count). The summed E-state index contributed by atoms with van der Waals surface area (Å²) in [4.78, 5) is 12.3. The summed E-state index contributed by atoms with van der Waals surface area (Å²) in [6.07, 6.45) is 1.97. The van der Waals surface area contributed by atoms with Gasteiger partial charge in [-0.2, -0.15) is 0 Å². The van der Waals surface area contributed by atoms with Gasteiger partial charge in [0.1, 0.15) is 0 Å². The molecule has 17 heavy (non-hydrogen) atoms. The summed E-state index contributed by atoms with van der Waals surface area (Å²) < 4.78 is 2.01. The Bertz CT molecular complexity index is 549. The molecule has 0 atom stereocenters. The molecule has 0 aromatic carbocycles. The van der Waals surface area contributed by atoms with Gasteiger partial charge in [0, 0.05) is 17.6 Å². The summed E-state index contributed by atoms with van der Waals surface area (Å²) in [5.74, 6) is 0.623. The minimum absolute atomic E-state index is 0.0332. The molecule has 0 saturated heterocycles. The van der Waals surface area contributed by atoms with Crippen molar-refractivity contribution in [2.45, 2.75) is 33.6 Å². The maximum atomic E-state index is 12.3. The molecule has 2 aromatic rings. The normalized spacial score (nSPS) is 11.6. The third-order valence-electron chi connectivity index (χ3n) is 3.09. The first-order valence-corrected chi connectivity index (χ1v) is 6.16. The molecular formula is C15H19NO. The zero-order chi connectivity index (χ0) is 12.6. The van der Waals surface area contributed by atoms with Gasteiger partial charge in [0.15, 0.2) is 5.78 Å². The van der Waals surface area contributed by atoms with Gasteiger partial charge in [0.2, 0.25) is 0 Å². The number of Topliss-reactive ketones (excluding diaryl/α,β-unsaturated/α-hetero) is 1. The average Bonchev–Trinajstić information content (AvgIpc) is 2.67. The van der Waals surface area contributed by atoms with Gasteiger partial charge in [-0.25, -0.2) is 0 Å². The summed E-state index contributed by atoms with van der Waals surface area (Å²) in [6, 6.07) is 8.14. The Labute approximate surface area is 102 Å². The van der Waals surface area contributed by atoms with Crippen LogP contribution in [0.25, 0.3) is 5.52 Å². The number of carbonyl (C=O) groups excluding carboxylic acids is 1. The van der Waals surface area contributed by atoms with Crippen molar-refractivity contribution >= 4 is 11.3 Å². The lowest BCUT2D eigenvalue weighted by atomic mass is 9.97. The molecule has 0 bridgehead atoms. The molecule has 0 unspecified atom stereocenters. The highest BCUT2D eigenvalue weighted by Gasteiger charge is 2.21. The van der Waals surface area contributed by atoms with E-state index in [1.54, 1.807) is 0 Å². The molecule has 0 spiro atoms. The van der Waals surface area contributed by atoms with Gasteiger partial charge in [0.05, 0.1) is 5.69 Å². The predicted octanol–water partition coefficient (Wildman–Crippen LogP) is 3.90. The molecule has 0 N–H and O–H groups in total. The Morgan fingerprint density at radius 1 is 1.18 bits per heavy atom. The van der Waals surface area contributed by atoms with Crippen LogP contribution in [0.2, 0.25) is 0 Å². The van der Waals surface area contributed by atoms with Crippen LogP contribution in [0.4, 0.5) is 0 Å². The Hall–Kier alpha value is -1.57. The number of hydrogen-bond acceptors (Lipinski definition) is 1. The smallest absolute Gasteiger partial charge is 0.182 e. The third kappa shape index (κ3) is 1.99. The summed E-state index contributed by atoms with van der Waals surface area (Å²) in [7, 11) is 0. The number of pyridine rings is 1. The standard InChI is InChI=1S/C15H19NO/c1-10(2)13-9-12-7-5-6-8-16(12)14(13)15(17)11(3)4/h5-11H,1-4H3. The van der Waals surface area contributed by atoms with Crippen molar-refractivity contribution in [2.24, 2.45) is 5.92 Å². The predicted molar refractivity (Wildman–Crippen MR) is 70.7 cm³/mol. The second kappa shape index (κ2) is 4.36. The zero-order valence-corrected chi connectivity index (χ0v) is 10.9. The lowest BCUT2D eigenvalue weighted by molar-refractivity contribution is 0.0932. The van der Waals surface area contributed by atoms with Gasteiger partial charge in [-0.05, 0) is 29.7 Å². The van der Waals surface area contributed by atoms with Crippen LogP contribution < -0.4 is 0 Å². The molecular weight excluding hydrogens is 210 g/mol. The van der Waals surface area contributed by atoms with Gasteiger partial charge in [-0.1, -0.05) is 33.8 Å². The minimum atomic E-state index is 0.0332. The molecule has 0 aliphatic carbocycles. The van der Waals surface area contributed by atoms with Gasteiger partial charge < -0.3 is 4.40 Å². The third-order valence-corrected chi connectivity index (χ3v) is 3.09. The van der Waals surface area contributed by atoms with Crippen molar-refractivity contribution < 1.29 is 4.79 Å². The van der Waals surface area contributed by atoms with Crippen molar-refractivity contribution in [3.05, 3.63) is 41.7 Å². The van der Waals surface area contributed by atoms with E-state index in [0.29, 0.717) is 5.92 Å². The summed E-state index contributed by atoms with van der Waals surface area (Å²) in [6.45, 7) is 8.17. The van der Waals surface area contributed by atoms with Crippen molar-refractivity contribution in [1.29, 1.82) is 0 Å². The topological polar surface area (TPSA) is 21.5 Å². The van der Waals surface area contributed by atoms with E-state index in [2.05, 4.69) is 19.9 Å². The molecule has 0 fully saturated rings. The second-order valence-electron chi connectivity index (χ2n) is 5.12. The summed E-state index contributed by atoms with van der Waals surface area (Å²) >= 11 is 0. The quantitative estimate of drug-likeness (QED) is 0.731. The molecule has 0 aliphatic rings. The van der Waals surface area contributed by atoms with E-state index < -0.39 is 0 Å². The first-order chi connectivity index (χ1) is 8.02. The van der Waals surface area contributed by atoms with E-state index in [1.165, 1.54) is 0 Å². The molecule has 90 valence electrons. The molecule has 2 heteroatoms. The molecule has 0 amide bonds. The van der Waals surface area contributed by atoms with E-state index in [-0.39, 0.29) is 11.7 Å².